The molecule has 0 unspecified atom stereocenters. The summed E-state index contributed by atoms with van der Waals surface area (Å²) in [6.45, 7) is 7.34. The predicted octanol–water partition coefficient (Wildman–Crippen LogP) is 5.32. The molecule has 0 spiro atoms. The number of nitrogens with zero attached hydrogens (tertiary/aromatic N) is 1. The average molecular weight is 343 g/mol. The van der Waals surface area contributed by atoms with Crippen LogP contribution in [-0.4, -0.2) is 18.1 Å². The molecule has 2 heteroatoms. The summed E-state index contributed by atoms with van der Waals surface area (Å²) in [6.07, 6.45) is 0. The molecular formula is C24H25NO. The molecule has 0 aliphatic heterocycles. The molecule has 3 aromatic carbocycles. The Balaban J connectivity index is 1.61. The lowest BCUT2D eigenvalue weighted by Gasteiger charge is -2.24. The second-order valence-corrected chi connectivity index (χ2v) is 6.47. The third-order valence-electron chi connectivity index (χ3n) is 4.13. The zero-order valence-corrected chi connectivity index (χ0v) is 15.1. The Bertz CT molecular complexity index is 743. The van der Waals surface area contributed by atoms with E-state index in [4.69, 9.17) is 4.74 Å². The van der Waals surface area contributed by atoms with Gasteiger partial charge in [-0.2, -0.15) is 0 Å². The van der Waals surface area contributed by atoms with Gasteiger partial charge in [-0.05, 0) is 28.8 Å². The van der Waals surface area contributed by atoms with Crippen molar-refractivity contribution in [3.63, 3.8) is 0 Å². The van der Waals surface area contributed by atoms with E-state index in [2.05, 4.69) is 72.1 Å². The monoisotopic (exact) mass is 343 g/mol. The Morgan fingerprint density at radius 2 is 1.15 bits per heavy atom. The summed E-state index contributed by atoms with van der Waals surface area (Å²) in [7, 11) is 0. The minimum absolute atomic E-state index is 0.532. The van der Waals surface area contributed by atoms with Crippen LogP contribution in [0, 0.1) is 0 Å². The Hall–Kier alpha value is -2.84. The van der Waals surface area contributed by atoms with E-state index >= 15 is 0 Å². The predicted molar refractivity (Wildman–Crippen MR) is 108 cm³/mol. The molecule has 26 heavy (non-hydrogen) atoms. The SMILES string of the molecule is C=C(COc1ccccc1)CN(Cc1ccccc1)Cc1ccccc1. The van der Waals surface area contributed by atoms with Crippen molar-refractivity contribution in [1.29, 1.82) is 0 Å². The second kappa shape index (κ2) is 9.59. The molecule has 0 heterocycles. The van der Waals surface area contributed by atoms with E-state index in [1.807, 2.05) is 30.3 Å². The van der Waals surface area contributed by atoms with Crippen molar-refractivity contribution < 1.29 is 4.74 Å². The van der Waals surface area contributed by atoms with Gasteiger partial charge in [0.1, 0.15) is 12.4 Å². The van der Waals surface area contributed by atoms with Gasteiger partial charge >= 0.3 is 0 Å². The summed E-state index contributed by atoms with van der Waals surface area (Å²) in [5.41, 5.74) is 3.68. The molecule has 0 aromatic heterocycles. The molecule has 0 saturated heterocycles. The summed E-state index contributed by atoms with van der Waals surface area (Å²) in [4.78, 5) is 2.40. The van der Waals surface area contributed by atoms with Crippen molar-refractivity contribution in [3.8, 4) is 5.75 Å². The van der Waals surface area contributed by atoms with Gasteiger partial charge in [-0.1, -0.05) is 85.4 Å². The van der Waals surface area contributed by atoms with Gasteiger partial charge in [0.2, 0.25) is 0 Å². The summed E-state index contributed by atoms with van der Waals surface area (Å²) < 4.78 is 5.84. The van der Waals surface area contributed by atoms with Crippen molar-refractivity contribution in [2.75, 3.05) is 13.2 Å². The van der Waals surface area contributed by atoms with Crippen LogP contribution in [0.3, 0.4) is 0 Å². The van der Waals surface area contributed by atoms with Gasteiger partial charge in [0.05, 0.1) is 0 Å². The Labute approximate surface area is 156 Å². The fourth-order valence-electron chi connectivity index (χ4n) is 2.91. The molecule has 0 fully saturated rings. The molecule has 0 saturated carbocycles. The Morgan fingerprint density at radius 3 is 1.65 bits per heavy atom. The van der Waals surface area contributed by atoms with Gasteiger partial charge in [-0.15, -0.1) is 0 Å². The quantitative estimate of drug-likeness (QED) is 0.487. The molecular weight excluding hydrogens is 318 g/mol. The lowest BCUT2D eigenvalue weighted by molar-refractivity contribution is 0.261. The van der Waals surface area contributed by atoms with E-state index in [-0.39, 0.29) is 0 Å². The first kappa shape index (κ1) is 18.0. The van der Waals surface area contributed by atoms with E-state index in [1.54, 1.807) is 0 Å². The van der Waals surface area contributed by atoms with Crippen molar-refractivity contribution >= 4 is 0 Å². The topological polar surface area (TPSA) is 12.5 Å². The van der Waals surface area contributed by atoms with Gasteiger partial charge in [-0.3, -0.25) is 4.90 Å². The summed E-state index contributed by atoms with van der Waals surface area (Å²) in [5.74, 6) is 0.881. The minimum atomic E-state index is 0.532. The highest BCUT2D eigenvalue weighted by Gasteiger charge is 2.09. The van der Waals surface area contributed by atoms with E-state index < -0.39 is 0 Å². The second-order valence-electron chi connectivity index (χ2n) is 6.47. The molecule has 0 bridgehead atoms. The molecule has 0 atom stereocenters. The molecule has 132 valence electrons. The van der Waals surface area contributed by atoms with Gasteiger partial charge in [0, 0.05) is 19.6 Å². The molecule has 0 N–H and O–H groups in total. The number of hydrogen-bond donors (Lipinski definition) is 0. The molecule has 0 aliphatic carbocycles. The number of hydrogen-bond acceptors (Lipinski definition) is 2. The smallest absolute Gasteiger partial charge is 0.119 e. The first-order valence-electron chi connectivity index (χ1n) is 8.94. The Morgan fingerprint density at radius 1 is 0.692 bits per heavy atom. The number of benzene rings is 3. The molecule has 2 nitrogen and oxygen atoms in total. The van der Waals surface area contributed by atoms with Crippen LogP contribution in [0.15, 0.2) is 103 Å². The van der Waals surface area contributed by atoms with Crippen LogP contribution in [0.25, 0.3) is 0 Å². The number of ether oxygens (including phenoxy) is 1. The molecule has 0 amide bonds. The van der Waals surface area contributed by atoms with Gasteiger partial charge in [0.25, 0.3) is 0 Å². The maximum Gasteiger partial charge on any atom is 0.119 e. The zero-order valence-electron chi connectivity index (χ0n) is 15.1. The van der Waals surface area contributed by atoms with Gasteiger partial charge in [-0.25, -0.2) is 0 Å². The zero-order chi connectivity index (χ0) is 18.0. The third-order valence-corrected chi connectivity index (χ3v) is 4.13. The highest BCUT2D eigenvalue weighted by Crippen LogP contribution is 2.14. The van der Waals surface area contributed by atoms with Crippen LogP contribution >= 0.6 is 0 Å². The van der Waals surface area contributed by atoms with E-state index in [1.165, 1.54) is 11.1 Å². The van der Waals surface area contributed by atoms with E-state index in [0.29, 0.717) is 6.61 Å². The maximum absolute atomic E-state index is 5.84. The van der Waals surface area contributed by atoms with E-state index in [0.717, 1.165) is 31.0 Å². The minimum Gasteiger partial charge on any atom is -0.489 e. The van der Waals surface area contributed by atoms with Gasteiger partial charge in [0.15, 0.2) is 0 Å². The fraction of sp³-hybridized carbons (Fsp3) is 0.167. The van der Waals surface area contributed by atoms with E-state index in [9.17, 15) is 0 Å². The largest absolute Gasteiger partial charge is 0.489 e. The molecule has 3 rings (SSSR count). The Kier molecular flexibility index (Phi) is 6.63. The fourth-order valence-corrected chi connectivity index (χ4v) is 2.91. The van der Waals surface area contributed by atoms with Crippen LogP contribution in [0.1, 0.15) is 11.1 Å². The standard InChI is InChI=1S/C24H25NO/c1-21(20-26-24-15-9-4-10-16-24)17-25(18-22-11-5-2-6-12-22)19-23-13-7-3-8-14-23/h2-16H,1,17-20H2. The maximum atomic E-state index is 5.84. The van der Waals surface area contributed by atoms with Crippen molar-refractivity contribution in [2.24, 2.45) is 0 Å². The summed E-state index contributed by atoms with van der Waals surface area (Å²) in [5, 5.41) is 0. The van der Waals surface area contributed by atoms with Crippen molar-refractivity contribution in [3.05, 3.63) is 114 Å². The lowest BCUT2D eigenvalue weighted by atomic mass is 10.1. The summed E-state index contributed by atoms with van der Waals surface area (Å²) in [6, 6.07) is 31.0. The van der Waals surface area contributed by atoms with Gasteiger partial charge < -0.3 is 4.74 Å². The molecule has 0 radical (unpaired) electrons. The average Bonchev–Trinajstić information content (AvgIpc) is 2.69. The first-order chi connectivity index (χ1) is 12.8. The lowest BCUT2D eigenvalue weighted by Crippen LogP contribution is -2.26. The molecule has 0 aliphatic rings. The highest BCUT2D eigenvalue weighted by molar-refractivity contribution is 5.22. The van der Waals surface area contributed by atoms with Crippen molar-refractivity contribution in [2.45, 2.75) is 13.1 Å². The first-order valence-corrected chi connectivity index (χ1v) is 8.94. The normalized spacial score (nSPS) is 10.7. The third kappa shape index (κ3) is 5.91. The number of para-hydroxylation sites is 1. The van der Waals surface area contributed by atoms with Crippen LogP contribution in [0.4, 0.5) is 0 Å². The molecule has 3 aromatic rings. The number of rotatable bonds is 9. The van der Waals surface area contributed by atoms with Crippen LogP contribution in [-0.2, 0) is 13.1 Å². The highest BCUT2D eigenvalue weighted by atomic mass is 16.5. The summed E-state index contributed by atoms with van der Waals surface area (Å²) >= 11 is 0. The van der Waals surface area contributed by atoms with Crippen molar-refractivity contribution in [1.82, 2.24) is 4.90 Å². The van der Waals surface area contributed by atoms with Crippen LogP contribution in [0.2, 0.25) is 0 Å². The van der Waals surface area contributed by atoms with Crippen LogP contribution < -0.4 is 4.74 Å². The van der Waals surface area contributed by atoms with Crippen LogP contribution in [0.5, 0.6) is 5.75 Å².